The zero-order valence-corrected chi connectivity index (χ0v) is 11.1. The van der Waals surface area contributed by atoms with E-state index in [9.17, 15) is 0 Å². The zero-order chi connectivity index (χ0) is 12.7. The normalized spacial score (nSPS) is 11.3. The largest absolute Gasteiger partial charge is 0.251 e. The van der Waals surface area contributed by atoms with Crippen molar-refractivity contribution in [2.45, 2.75) is 20.3 Å². The highest BCUT2D eigenvalue weighted by atomic mass is 35.5. The lowest BCUT2D eigenvalue weighted by Gasteiger charge is -2.07. The van der Waals surface area contributed by atoms with Crippen LogP contribution in [0.1, 0.15) is 18.3 Å². The minimum atomic E-state index is 0.752. The van der Waals surface area contributed by atoms with Crippen molar-refractivity contribution in [3.8, 4) is 0 Å². The van der Waals surface area contributed by atoms with Crippen LogP contribution < -0.4 is 0 Å². The number of aromatic nitrogens is 2. The Labute approximate surface area is 111 Å². The second kappa shape index (κ2) is 4.21. The maximum Gasteiger partial charge on any atom is 0.0982 e. The van der Waals surface area contributed by atoms with Gasteiger partial charge >= 0.3 is 0 Å². The van der Waals surface area contributed by atoms with Crippen molar-refractivity contribution >= 4 is 33.4 Å². The summed E-state index contributed by atoms with van der Waals surface area (Å²) in [5.41, 5.74) is 3.84. The summed E-state index contributed by atoms with van der Waals surface area (Å²) in [6, 6.07) is 10.1. The Morgan fingerprint density at radius 3 is 2.61 bits per heavy atom. The number of hydrogen-bond acceptors (Lipinski definition) is 2. The first-order chi connectivity index (χ1) is 8.69. The van der Waals surface area contributed by atoms with Crippen LogP contribution >= 0.6 is 11.6 Å². The smallest absolute Gasteiger partial charge is 0.0982 e. The van der Waals surface area contributed by atoms with Crippen LogP contribution in [0.4, 0.5) is 0 Å². The third-order valence-electron chi connectivity index (χ3n) is 3.14. The number of fused-ring (bicyclic) bond motifs is 3. The van der Waals surface area contributed by atoms with Gasteiger partial charge in [0.1, 0.15) is 0 Å². The van der Waals surface area contributed by atoms with E-state index in [1.54, 1.807) is 0 Å². The molecule has 0 bridgehead atoms. The van der Waals surface area contributed by atoms with Crippen molar-refractivity contribution in [2.75, 3.05) is 0 Å². The summed E-state index contributed by atoms with van der Waals surface area (Å²) in [5.74, 6) is 0. The number of rotatable bonds is 1. The van der Waals surface area contributed by atoms with Crippen molar-refractivity contribution in [3.05, 3.63) is 46.7 Å². The van der Waals surface area contributed by atoms with Crippen LogP contribution in [-0.2, 0) is 6.42 Å². The molecule has 0 fully saturated rings. The molecule has 2 nitrogen and oxygen atoms in total. The molecule has 0 spiro atoms. The van der Waals surface area contributed by atoms with Crippen molar-refractivity contribution in [1.29, 1.82) is 0 Å². The zero-order valence-electron chi connectivity index (χ0n) is 10.4. The second-order valence-electron chi connectivity index (χ2n) is 4.44. The Morgan fingerprint density at radius 2 is 1.83 bits per heavy atom. The maximum atomic E-state index is 6.31. The Kier molecular flexibility index (Phi) is 2.67. The first-order valence-electron chi connectivity index (χ1n) is 6.04. The Morgan fingerprint density at radius 1 is 1.06 bits per heavy atom. The fourth-order valence-corrected chi connectivity index (χ4v) is 2.44. The minimum Gasteiger partial charge on any atom is -0.251 e. The van der Waals surface area contributed by atoms with Crippen molar-refractivity contribution in [1.82, 2.24) is 9.97 Å². The van der Waals surface area contributed by atoms with Gasteiger partial charge in [-0.1, -0.05) is 36.7 Å². The van der Waals surface area contributed by atoms with E-state index in [4.69, 9.17) is 11.6 Å². The van der Waals surface area contributed by atoms with Gasteiger partial charge < -0.3 is 0 Å². The summed E-state index contributed by atoms with van der Waals surface area (Å²) in [5, 5.41) is 2.83. The first kappa shape index (κ1) is 11.4. The van der Waals surface area contributed by atoms with Crippen LogP contribution in [-0.4, -0.2) is 9.97 Å². The SMILES string of the molecule is CCc1cc(Cl)c2ccc3ccc(C)nc3c2n1. The van der Waals surface area contributed by atoms with Crippen LogP contribution in [0.3, 0.4) is 0 Å². The maximum absolute atomic E-state index is 6.31. The molecule has 0 saturated carbocycles. The second-order valence-corrected chi connectivity index (χ2v) is 4.84. The molecule has 18 heavy (non-hydrogen) atoms. The van der Waals surface area contributed by atoms with Crippen LogP contribution in [0.2, 0.25) is 5.02 Å². The van der Waals surface area contributed by atoms with Gasteiger partial charge in [0.15, 0.2) is 0 Å². The van der Waals surface area contributed by atoms with Crippen LogP contribution in [0, 0.1) is 6.92 Å². The Bertz CT molecular complexity index is 750. The van der Waals surface area contributed by atoms with Gasteiger partial charge in [-0.15, -0.1) is 0 Å². The summed E-state index contributed by atoms with van der Waals surface area (Å²) < 4.78 is 0. The molecule has 0 aliphatic carbocycles. The van der Waals surface area contributed by atoms with Gasteiger partial charge in [-0.25, -0.2) is 0 Å². The van der Waals surface area contributed by atoms with Crippen molar-refractivity contribution < 1.29 is 0 Å². The summed E-state index contributed by atoms with van der Waals surface area (Å²) in [4.78, 5) is 9.28. The molecule has 0 unspecified atom stereocenters. The number of hydrogen-bond donors (Lipinski definition) is 0. The molecule has 0 amide bonds. The van der Waals surface area contributed by atoms with E-state index in [2.05, 4.69) is 23.0 Å². The molecule has 3 aromatic rings. The summed E-state index contributed by atoms with van der Waals surface area (Å²) in [6.45, 7) is 4.07. The fraction of sp³-hybridized carbons (Fsp3) is 0.200. The molecule has 2 heterocycles. The molecule has 2 aromatic heterocycles. The highest BCUT2D eigenvalue weighted by Crippen LogP contribution is 2.28. The molecule has 90 valence electrons. The lowest BCUT2D eigenvalue weighted by Crippen LogP contribution is -1.92. The predicted molar refractivity (Wildman–Crippen MR) is 76.2 cm³/mol. The average molecular weight is 257 g/mol. The molecular weight excluding hydrogens is 244 g/mol. The van der Waals surface area contributed by atoms with E-state index < -0.39 is 0 Å². The van der Waals surface area contributed by atoms with Crippen molar-refractivity contribution in [3.63, 3.8) is 0 Å². The van der Waals surface area contributed by atoms with E-state index in [1.165, 1.54) is 0 Å². The van der Waals surface area contributed by atoms with Crippen LogP contribution in [0.25, 0.3) is 21.8 Å². The number of benzene rings is 1. The van der Waals surface area contributed by atoms with Gasteiger partial charge in [0.25, 0.3) is 0 Å². The van der Waals surface area contributed by atoms with Gasteiger partial charge in [-0.2, -0.15) is 0 Å². The van der Waals surface area contributed by atoms with E-state index in [-0.39, 0.29) is 0 Å². The van der Waals surface area contributed by atoms with Crippen molar-refractivity contribution in [2.24, 2.45) is 0 Å². The average Bonchev–Trinajstić information content (AvgIpc) is 2.38. The molecule has 0 atom stereocenters. The minimum absolute atomic E-state index is 0.752. The number of pyridine rings is 2. The molecule has 1 aromatic carbocycles. The Hall–Kier alpha value is -1.67. The molecule has 0 N–H and O–H groups in total. The highest BCUT2D eigenvalue weighted by molar-refractivity contribution is 6.36. The topological polar surface area (TPSA) is 25.8 Å². The molecule has 0 radical (unpaired) electrons. The first-order valence-corrected chi connectivity index (χ1v) is 6.42. The molecule has 3 heteroatoms. The summed E-state index contributed by atoms with van der Waals surface area (Å²) >= 11 is 6.31. The van der Waals surface area contributed by atoms with E-state index >= 15 is 0 Å². The van der Waals surface area contributed by atoms with Crippen LogP contribution in [0.15, 0.2) is 30.3 Å². The highest BCUT2D eigenvalue weighted by Gasteiger charge is 2.08. The number of aryl methyl sites for hydroxylation is 2. The van der Waals surface area contributed by atoms with E-state index in [1.807, 2.05) is 31.2 Å². The van der Waals surface area contributed by atoms with Crippen LogP contribution in [0.5, 0.6) is 0 Å². The lowest BCUT2D eigenvalue weighted by atomic mass is 10.1. The molecular formula is C15H13ClN2. The van der Waals surface area contributed by atoms with Gasteiger partial charge in [0.2, 0.25) is 0 Å². The molecule has 3 rings (SSSR count). The molecule has 0 aliphatic heterocycles. The van der Waals surface area contributed by atoms with E-state index in [0.29, 0.717) is 0 Å². The quantitative estimate of drug-likeness (QED) is 0.607. The molecule has 0 aliphatic rings. The van der Waals surface area contributed by atoms with Gasteiger partial charge in [0.05, 0.1) is 16.1 Å². The third kappa shape index (κ3) is 1.73. The van der Waals surface area contributed by atoms with E-state index in [0.717, 1.165) is 44.6 Å². The molecule has 0 saturated heterocycles. The van der Waals surface area contributed by atoms with Gasteiger partial charge in [-0.3, -0.25) is 9.97 Å². The standard InChI is InChI=1S/C15H13ClN2/c1-3-11-8-13(16)12-7-6-10-5-4-9(2)17-14(10)15(12)18-11/h4-8H,3H2,1-2H3. The Balaban J connectivity index is 2.51. The monoisotopic (exact) mass is 256 g/mol. The summed E-state index contributed by atoms with van der Waals surface area (Å²) in [7, 11) is 0. The van der Waals surface area contributed by atoms with Gasteiger partial charge in [-0.05, 0) is 25.5 Å². The number of halogens is 1. The fourth-order valence-electron chi connectivity index (χ4n) is 2.16. The summed E-state index contributed by atoms with van der Waals surface area (Å²) in [6.07, 6.45) is 0.873. The lowest BCUT2D eigenvalue weighted by molar-refractivity contribution is 1.06. The third-order valence-corrected chi connectivity index (χ3v) is 3.46. The van der Waals surface area contributed by atoms with Gasteiger partial charge in [0, 0.05) is 22.2 Å². The number of nitrogens with zero attached hydrogens (tertiary/aromatic N) is 2. The predicted octanol–water partition coefficient (Wildman–Crippen LogP) is 4.31.